The van der Waals surface area contributed by atoms with E-state index in [1.54, 1.807) is 41.2 Å². The van der Waals surface area contributed by atoms with Gasteiger partial charge in [-0.2, -0.15) is 5.10 Å². The zero-order valence-electron chi connectivity index (χ0n) is 14.9. The summed E-state index contributed by atoms with van der Waals surface area (Å²) in [6.45, 7) is 0.550. The molecule has 3 rings (SSSR count). The van der Waals surface area contributed by atoms with E-state index in [1.807, 2.05) is 18.2 Å². The number of rotatable bonds is 6. The van der Waals surface area contributed by atoms with Gasteiger partial charge in [-0.1, -0.05) is 47.9 Å². The van der Waals surface area contributed by atoms with Crippen molar-refractivity contribution in [2.75, 3.05) is 11.9 Å². The van der Waals surface area contributed by atoms with Gasteiger partial charge < -0.3 is 10.6 Å². The molecule has 0 spiro atoms. The molecule has 2 N–H and O–H groups in total. The standard InChI is InChI=1S/C21H17ClN4O2/c1-2-11-23-21(28)17-8-4-6-10-19(17)25-20(27)16-12-24-26(14-16)13-15-7-3-5-9-18(15)22/h1,3-10,12,14H,11,13H2,(H,23,28)(H,25,27). The Morgan fingerprint density at radius 3 is 2.64 bits per heavy atom. The minimum absolute atomic E-state index is 0.107. The molecule has 2 aromatic carbocycles. The van der Waals surface area contributed by atoms with Gasteiger partial charge in [0.15, 0.2) is 0 Å². The number of nitrogens with zero attached hydrogens (tertiary/aromatic N) is 2. The highest BCUT2D eigenvalue weighted by molar-refractivity contribution is 6.31. The van der Waals surface area contributed by atoms with Crippen molar-refractivity contribution in [2.24, 2.45) is 0 Å². The summed E-state index contributed by atoms with van der Waals surface area (Å²) in [5, 5.41) is 10.2. The van der Waals surface area contributed by atoms with Crippen molar-refractivity contribution in [3.8, 4) is 12.3 Å². The number of aromatic nitrogens is 2. The lowest BCUT2D eigenvalue weighted by molar-refractivity contribution is 0.0959. The SMILES string of the molecule is C#CCNC(=O)c1ccccc1NC(=O)c1cnn(Cc2ccccc2Cl)c1. The molecule has 7 heteroatoms. The molecule has 1 heterocycles. The van der Waals surface area contributed by atoms with Gasteiger partial charge in [0.25, 0.3) is 11.8 Å². The highest BCUT2D eigenvalue weighted by Gasteiger charge is 2.15. The van der Waals surface area contributed by atoms with Crippen LogP contribution in [0.15, 0.2) is 60.9 Å². The highest BCUT2D eigenvalue weighted by Crippen LogP contribution is 2.18. The van der Waals surface area contributed by atoms with Crippen LogP contribution in [0.5, 0.6) is 0 Å². The second-order valence-electron chi connectivity index (χ2n) is 5.90. The fourth-order valence-corrected chi connectivity index (χ4v) is 2.78. The highest BCUT2D eigenvalue weighted by atomic mass is 35.5. The molecule has 6 nitrogen and oxygen atoms in total. The third kappa shape index (κ3) is 4.58. The molecule has 0 bridgehead atoms. The Morgan fingerprint density at radius 2 is 1.86 bits per heavy atom. The summed E-state index contributed by atoms with van der Waals surface area (Å²) >= 11 is 6.16. The molecular formula is C21H17ClN4O2. The molecule has 0 aliphatic carbocycles. The summed E-state index contributed by atoms with van der Waals surface area (Å²) in [5.41, 5.74) is 1.98. The summed E-state index contributed by atoms with van der Waals surface area (Å²) in [6, 6.07) is 14.1. The zero-order chi connectivity index (χ0) is 19.9. The van der Waals surface area contributed by atoms with Gasteiger partial charge in [0.05, 0.1) is 36.1 Å². The van der Waals surface area contributed by atoms with E-state index in [1.165, 1.54) is 6.20 Å². The first kappa shape index (κ1) is 19.2. The van der Waals surface area contributed by atoms with Crippen molar-refractivity contribution in [3.05, 3.63) is 82.6 Å². The average Bonchev–Trinajstić information content (AvgIpc) is 3.17. The molecule has 0 atom stereocenters. The van der Waals surface area contributed by atoms with Crippen molar-refractivity contribution in [3.63, 3.8) is 0 Å². The van der Waals surface area contributed by atoms with E-state index in [4.69, 9.17) is 18.0 Å². The fraction of sp³-hybridized carbons (Fsp3) is 0.0952. The molecule has 2 amide bonds. The topological polar surface area (TPSA) is 76.0 Å². The largest absolute Gasteiger partial charge is 0.341 e. The summed E-state index contributed by atoms with van der Waals surface area (Å²) in [6.07, 6.45) is 8.25. The molecule has 0 aliphatic heterocycles. The zero-order valence-corrected chi connectivity index (χ0v) is 15.6. The Hall–Kier alpha value is -3.56. The molecule has 0 radical (unpaired) electrons. The number of anilines is 1. The molecular weight excluding hydrogens is 376 g/mol. The Balaban J connectivity index is 1.73. The molecule has 0 fully saturated rings. The smallest absolute Gasteiger partial charge is 0.258 e. The van der Waals surface area contributed by atoms with Crippen LogP contribution in [0.25, 0.3) is 0 Å². The lowest BCUT2D eigenvalue weighted by atomic mass is 10.1. The molecule has 1 aromatic heterocycles. The predicted octanol–water partition coefficient (Wildman–Crippen LogP) is 3.20. The van der Waals surface area contributed by atoms with Crippen LogP contribution in [-0.4, -0.2) is 28.1 Å². The number of hydrogen-bond donors (Lipinski definition) is 2. The van der Waals surface area contributed by atoms with Gasteiger partial charge in [-0.3, -0.25) is 14.3 Å². The maximum Gasteiger partial charge on any atom is 0.258 e. The minimum Gasteiger partial charge on any atom is -0.341 e. The summed E-state index contributed by atoms with van der Waals surface area (Å²) in [4.78, 5) is 24.8. The van der Waals surface area contributed by atoms with E-state index in [0.717, 1.165) is 5.56 Å². The molecule has 28 heavy (non-hydrogen) atoms. The fourth-order valence-electron chi connectivity index (χ4n) is 2.58. The van der Waals surface area contributed by atoms with Crippen molar-refractivity contribution >= 4 is 29.1 Å². The maximum atomic E-state index is 12.6. The normalized spacial score (nSPS) is 10.1. The second kappa shape index (κ2) is 8.89. The Labute approximate surface area is 167 Å². The quantitative estimate of drug-likeness (QED) is 0.632. The van der Waals surface area contributed by atoms with Gasteiger partial charge in [0.2, 0.25) is 0 Å². The second-order valence-corrected chi connectivity index (χ2v) is 6.31. The number of carbonyl (C=O) groups is 2. The van der Waals surface area contributed by atoms with Crippen LogP contribution < -0.4 is 10.6 Å². The first-order chi connectivity index (χ1) is 13.6. The molecule has 3 aromatic rings. The Bertz CT molecular complexity index is 1050. The van der Waals surface area contributed by atoms with Crippen molar-refractivity contribution < 1.29 is 9.59 Å². The van der Waals surface area contributed by atoms with Gasteiger partial charge in [-0.25, -0.2) is 0 Å². The van der Waals surface area contributed by atoms with Crippen LogP contribution in [0.3, 0.4) is 0 Å². The Morgan fingerprint density at radius 1 is 1.11 bits per heavy atom. The molecule has 0 aliphatic rings. The van der Waals surface area contributed by atoms with Crippen molar-refractivity contribution in [1.82, 2.24) is 15.1 Å². The number of para-hydroxylation sites is 1. The van der Waals surface area contributed by atoms with Gasteiger partial charge in [0.1, 0.15) is 0 Å². The van der Waals surface area contributed by atoms with E-state index in [9.17, 15) is 9.59 Å². The Kier molecular flexibility index (Phi) is 6.10. The molecule has 0 saturated heterocycles. The monoisotopic (exact) mass is 392 g/mol. The van der Waals surface area contributed by atoms with Crippen LogP contribution in [0.1, 0.15) is 26.3 Å². The first-order valence-corrected chi connectivity index (χ1v) is 8.84. The third-order valence-corrected chi connectivity index (χ3v) is 4.33. The number of carbonyl (C=O) groups excluding carboxylic acids is 2. The minimum atomic E-state index is -0.373. The van der Waals surface area contributed by atoms with Gasteiger partial charge in [-0.05, 0) is 23.8 Å². The van der Waals surface area contributed by atoms with E-state index in [-0.39, 0.29) is 18.4 Å². The van der Waals surface area contributed by atoms with Crippen LogP contribution in [0.2, 0.25) is 5.02 Å². The number of nitrogens with one attached hydrogen (secondary N) is 2. The number of hydrogen-bond acceptors (Lipinski definition) is 3. The number of benzene rings is 2. The maximum absolute atomic E-state index is 12.6. The van der Waals surface area contributed by atoms with Crippen LogP contribution in [-0.2, 0) is 6.54 Å². The van der Waals surface area contributed by atoms with E-state index >= 15 is 0 Å². The number of halogens is 1. The van der Waals surface area contributed by atoms with Crippen LogP contribution in [0.4, 0.5) is 5.69 Å². The lowest BCUT2D eigenvalue weighted by Gasteiger charge is -2.10. The summed E-state index contributed by atoms with van der Waals surface area (Å²) < 4.78 is 1.63. The summed E-state index contributed by atoms with van der Waals surface area (Å²) in [5.74, 6) is 1.61. The van der Waals surface area contributed by atoms with Crippen molar-refractivity contribution in [2.45, 2.75) is 6.54 Å². The van der Waals surface area contributed by atoms with E-state index < -0.39 is 0 Å². The van der Waals surface area contributed by atoms with Crippen LogP contribution in [0, 0.1) is 12.3 Å². The van der Waals surface area contributed by atoms with Gasteiger partial charge in [0, 0.05) is 11.2 Å². The van der Waals surface area contributed by atoms with E-state index in [0.29, 0.717) is 28.4 Å². The van der Waals surface area contributed by atoms with E-state index in [2.05, 4.69) is 21.7 Å². The molecule has 0 unspecified atom stereocenters. The van der Waals surface area contributed by atoms with Crippen LogP contribution >= 0.6 is 11.6 Å². The van der Waals surface area contributed by atoms with Gasteiger partial charge in [-0.15, -0.1) is 6.42 Å². The summed E-state index contributed by atoms with van der Waals surface area (Å²) in [7, 11) is 0. The number of terminal acetylenes is 1. The lowest BCUT2D eigenvalue weighted by Crippen LogP contribution is -2.25. The number of amides is 2. The van der Waals surface area contributed by atoms with Crippen molar-refractivity contribution in [1.29, 1.82) is 0 Å². The predicted molar refractivity (Wildman–Crippen MR) is 108 cm³/mol. The third-order valence-electron chi connectivity index (χ3n) is 3.96. The first-order valence-electron chi connectivity index (χ1n) is 8.46. The molecule has 140 valence electrons. The van der Waals surface area contributed by atoms with Gasteiger partial charge >= 0.3 is 0 Å². The molecule has 0 saturated carbocycles. The average molecular weight is 393 g/mol.